The van der Waals surface area contributed by atoms with Crippen molar-refractivity contribution in [2.75, 3.05) is 25.7 Å². The molecular formula is C22H26N2O4. The van der Waals surface area contributed by atoms with E-state index in [1.807, 2.05) is 42.5 Å². The Morgan fingerprint density at radius 3 is 2.64 bits per heavy atom. The van der Waals surface area contributed by atoms with Gasteiger partial charge in [-0.1, -0.05) is 25.1 Å². The molecule has 0 spiro atoms. The highest BCUT2D eigenvalue weighted by atomic mass is 16.5. The number of aryl methyl sites for hydroxylation is 1. The van der Waals surface area contributed by atoms with Crippen LogP contribution in [0.4, 0.5) is 5.69 Å². The molecule has 0 saturated carbocycles. The third kappa shape index (κ3) is 4.11. The summed E-state index contributed by atoms with van der Waals surface area (Å²) < 4.78 is 10.6. The van der Waals surface area contributed by atoms with E-state index in [9.17, 15) is 9.59 Å². The highest BCUT2D eigenvalue weighted by molar-refractivity contribution is 6.00. The van der Waals surface area contributed by atoms with Crippen LogP contribution in [0.1, 0.15) is 24.5 Å². The van der Waals surface area contributed by atoms with Crippen LogP contribution in [0.2, 0.25) is 0 Å². The highest BCUT2D eigenvalue weighted by Crippen LogP contribution is 2.29. The molecule has 1 aliphatic rings. The molecule has 28 heavy (non-hydrogen) atoms. The summed E-state index contributed by atoms with van der Waals surface area (Å²) >= 11 is 0. The normalized spacial score (nSPS) is 16.2. The minimum Gasteiger partial charge on any atom is -0.497 e. The van der Waals surface area contributed by atoms with Crippen LogP contribution in [-0.2, 0) is 22.6 Å². The number of carbonyl (C=O) groups is 2. The zero-order chi connectivity index (χ0) is 20.1. The number of ether oxygens (including phenoxy) is 2. The van der Waals surface area contributed by atoms with Crippen LogP contribution in [0.25, 0.3) is 0 Å². The Morgan fingerprint density at radius 2 is 1.93 bits per heavy atom. The third-order valence-corrected chi connectivity index (χ3v) is 5.10. The van der Waals surface area contributed by atoms with E-state index >= 15 is 0 Å². The molecule has 0 bridgehead atoms. The average molecular weight is 382 g/mol. The molecule has 2 aromatic rings. The molecule has 1 atom stereocenters. The maximum atomic E-state index is 12.7. The Labute approximate surface area is 165 Å². The lowest BCUT2D eigenvalue weighted by Gasteiger charge is -2.20. The van der Waals surface area contributed by atoms with Crippen molar-refractivity contribution in [2.24, 2.45) is 5.92 Å². The Morgan fingerprint density at radius 1 is 1.14 bits per heavy atom. The Bertz CT molecular complexity index is 865. The van der Waals surface area contributed by atoms with Gasteiger partial charge in [-0.2, -0.15) is 0 Å². The molecule has 6 nitrogen and oxygen atoms in total. The monoisotopic (exact) mass is 382 g/mol. The van der Waals surface area contributed by atoms with Gasteiger partial charge in [0.1, 0.15) is 11.5 Å². The number of anilines is 1. The van der Waals surface area contributed by atoms with Crippen LogP contribution in [0.5, 0.6) is 11.5 Å². The van der Waals surface area contributed by atoms with E-state index in [1.165, 1.54) is 0 Å². The summed E-state index contributed by atoms with van der Waals surface area (Å²) in [7, 11) is 3.18. The molecule has 1 fully saturated rings. The average Bonchev–Trinajstić information content (AvgIpc) is 3.13. The molecule has 0 aliphatic carbocycles. The predicted molar refractivity (Wildman–Crippen MR) is 108 cm³/mol. The first kappa shape index (κ1) is 19.7. The van der Waals surface area contributed by atoms with Gasteiger partial charge < -0.3 is 19.7 Å². The summed E-state index contributed by atoms with van der Waals surface area (Å²) in [5, 5.41) is 2.93. The summed E-state index contributed by atoms with van der Waals surface area (Å²) in [6.07, 6.45) is 1.06. The van der Waals surface area contributed by atoms with Gasteiger partial charge in [-0.05, 0) is 36.2 Å². The molecule has 3 rings (SSSR count). The van der Waals surface area contributed by atoms with Crippen LogP contribution in [0.3, 0.4) is 0 Å². The van der Waals surface area contributed by atoms with E-state index in [4.69, 9.17) is 9.47 Å². The van der Waals surface area contributed by atoms with E-state index in [0.29, 0.717) is 24.6 Å². The zero-order valence-corrected chi connectivity index (χ0v) is 16.5. The largest absolute Gasteiger partial charge is 0.497 e. The fourth-order valence-corrected chi connectivity index (χ4v) is 3.54. The molecule has 6 heteroatoms. The molecule has 1 heterocycles. The number of nitrogens with zero attached hydrogens (tertiary/aromatic N) is 1. The van der Waals surface area contributed by atoms with Gasteiger partial charge in [-0.15, -0.1) is 0 Å². The minimum atomic E-state index is -0.367. The molecule has 148 valence electrons. The fraction of sp³-hybridized carbons (Fsp3) is 0.364. The lowest BCUT2D eigenvalue weighted by atomic mass is 10.1. The van der Waals surface area contributed by atoms with Gasteiger partial charge >= 0.3 is 0 Å². The van der Waals surface area contributed by atoms with Gasteiger partial charge in [0.2, 0.25) is 11.8 Å². The summed E-state index contributed by atoms with van der Waals surface area (Å²) in [6.45, 7) is 2.78. The van der Waals surface area contributed by atoms with Crippen molar-refractivity contribution < 1.29 is 19.1 Å². The molecule has 0 unspecified atom stereocenters. The maximum absolute atomic E-state index is 12.7. The Balaban J connectivity index is 1.67. The van der Waals surface area contributed by atoms with Crippen LogP contribution < -0.4 is 19.7 Å². The number of nitrogens with one attached hydrogen (secondary N) is 1. The number of methoxy groups -OCH3 is 2. The molecule has 0 radical (unpaired) electrons. The topological polar surface area (TPSA) is 67.9 Å². The molecule has 2 aromatic carbocycles. The standard InChI is InChI=1S/C22H26N2O4/c1-4-15-7-5-6-8-19(15)24-14-17(12-21(24)25)22(26)23-13-16-11-18(27-2)9-10-20(16)28-3/h5-11,17H,4,12-14H2,1-3H3,(H,23,26)/t17-/m0/s1. The maximum Gasteiger partial charge on any atom is 0.227 e. The van der Waals surface area contributed by atoms with Crippen molar-refractivity contribution in [3.05, 3.63) is 53.6 Å². The van der Waals surface area contributed by atoms with Crippen LogP contribution in [-0.4, -0.2) is 32.6 Å². The van der Waals surface area contributed by atoms with Crippen LogP contribution in [0.15, 0.2) is 42.5 Å². The number of carbonyl (C=O) groups excluding carboxylic acids is 2. The summed E-state index contributed by atoms with van der Waals surface area (Å²) in [4.78, 5) is 26.9. The van der Waals surface area contributed by atoms with Crippen molar-refractivity contribution in [2.45, 2.75) is 26.3 Å². The van der Waals surface area contributed by atoms with Crippen LogP contribution >= 0.6 is 0 Å². The van der Waals surface area contributed by atoms with Gasteiger partial charge in [0, 0.05) is 30.8 Å². The molecule has 1 saturated heterocycles. The quantitative estimate of drug-likeness (QED) is 0.800. The predicted octanol–water partition coefficient (Wildman–Crippen LogP) is 2.94. The van der Waals surface area contributed by atoms with Crippen molar-refractivity contribution in [1.29, 1.82) is 0 Å². The Kier molecular flexibility index (Phi) is 6.19. The van der Waals surface area contributed by atoms with E-state index in [-0.39, 0.29) is 24.2 Å². The summed E-state index contributed by atoms with van der Waals surface area (Å²) in [5.41, 5.74) is 2.84. The lowest BCUT2D eigenvalue weighted by molar-refractivity contribution is -0.126. The van der Waals surface area contributed by atoms with E-state index in [2.05, 4.69) is 12.2 Å². The molecule has 0 aromatic heterocycles. The van der Waals surface area contributed by atoms with Gasteiger partial charge in [0.05, 0.1) is 20.1 Å². The fourth-order valence-electron chi connectivity index (χ4n) is 3.54. The molecule has 1 N–H and O–H groups in total. The van der Waals surface area contributed by atoms with Gasteiger partial charge in [-0.25, -0.2) is 0 Å². The van der Waals surface area contributed by atoms with Crippen LogP contribution in [0, 0.1) is 5.92 Å². The van der Waals surface area contributed by atoms with Crippen molar-refractivity contribution >= 4 is 17.5 Å². The second-order valence-electron chi connectivity index (χ2n) is 6.78. The molecule has 1 aliphatic heterocycles. The third-order valence-electron chi connectivity index (χ3n) is 5.10. The van der Waals surface area contributed by atoms with Gasteiger partial charge in [0.15, 0.2) is 0 Å². The minimum absolute atomic E-state index is 0.0139. The smallest absolute Gasteiger partial charge is 0.227 e. The van der Waals surface area contributed by atoms with Gasteiger partial charge in [-0.3, -0.25) is 9.59 Å². The number of rotatable bonds is 7. The Hall–Kier alpha value is -3.02. The van der Waals surface area contributed by atoms with Crippen molar-refractivity contribution in [3.8, 4) is 11.5 Å². The SMILES string of the molecule is CCc1ccccc1N1C[C@@H](C(=O)NCc2cc(OC)ccc2OC)CC1=O. The summed E-state index contributed by atoms with van der Waals surface area (Å²) in [6, 6.07) is 13.3. The molecular weight excluding hydrogens is 356 g/mol. The van der Waals surface area contributed by atoms with Gasteiger partial charge in [0.25, 0.3) is 0 Å². The number of benzene rings is 2. The summed E-state index contributed by atoms with van der Waals surface area (Å²) in [5.74, 6) is 0.870. The second-order valence-corrected chi connectivity index (χ2v) is 6.78. The number of hydrogen-bond acceptors (Lipinski definition) is 4. The molecule has 2 amide bonds. The highest BCUT2D eigenvalue weighted by Gasteiger charge is 2.35. The zero-order valence-electron chi connectivity index (χ0n) is 16.5. The lowest BCUT2D eigenvalue weighted by Crippen LogP contribution is -2.33. The first-order valence-electron chi connectivity index (χ1n) is 9.44. The van der Waals surface area contributed by atoms with E-state index < -0.39 is 0 Å². The second kappa shape index (κ2) is 8.78. The van der Waals surface area contributed by atoms with Crippen molar-refractivity contribution in [1.82, 2.24) is 5.32 Å². The first-order chi connectivity index (χ1) is 13.6. The van der Waals surface area contributed by atoms with E-state index in [1.54, 1.807) is 19.1 Å². The number of amides is 2. The van der Waals surface area contributed by atoms with Crippen molar-refractivity contribution in [3.63, 3.8) is 0 Å². The first-order valence-corrected chi connectivity index (χ1v) is 9.44. The van der Waals surface area contributed by atoms with E-state index in [0.717, 1.165) is 23.2 Å². The number of para-hydroxylation sites is 1. The number of hydrogen-bond donors (Lipinski definition) is 1.